The molecule has 0 amide bonds. The Hall–Kier alpha value is 0.630. The van der Waals surface area contributed by atoms with Crippen LogP contribution in [0.25, 0.3) is 10.4 Å². The molecule has 0 atom stereocenters. The van der Waals surface area contributed by atoms with E-state index in [1.54, 1.807) is 23.5 Å². The van der Waals surface area contributed by atoms with Gasteiger partial charge in [-0.1, -0.05) is 5.11 Å². The third-order valence-corrected chi connectivity index (χ3v) is 2.65. The molecule has 0 aliphatic rings. The fourth-order valence-corrected chi connectivity index (χ4v) is 1.27. The van der Waals surface area contributed by atoms with E-state index in [2.05, 4.69) is 10.0 Å². The molecule has 0 unspecified atom stereocenters. The number of ether oxygens (including phenoxy) is 2. The second-order valence-electron chi connectivity index (χ2n) is 2.89. The van der Waals surface area contributed by atoms with E-state index in [9.17, 15) is 0 Å². The normalized spacial score (nSPS) is 8.79. The summed E-state index contributed by atoms with van der Waals surface area (Å²) in [5.74, 6) is 2.01. The summed E-state index contributed by atoms with van der Waals surface area (Å²) >= 11 is 3.48. The fourth-order valence-electron chi connectivity index (χ4n) is 0.703. The van der Waals surface area contributed by atoms with Gasteiger partial charge in [0, 0.05) is 45.3 Å². The van der Waals surface area contributed by atoms with Crippen molar-refractivity contribution in [3.63, 3.8) is 0 Å². The summed E-state index contributed by atoms with van der Waals surface area (Å²) in [6, 6.07) is 0. The van der Waals surface area contributed by atoms with E-state index in [1.807, 2.05) is 12.5 Å². The zero-order valence-corrected chi connectivity index (χ0v) is 15.2. The molecule has 6 nitrogen and oxygen atoms in total. The van der Waals surface area contributed by atoms with Gasteiger partial charge in [0.05, 0.1) is 33.0 Å². The molecule has 0 bridgehead atoms. The molecular formula is C10H23AuN3O3S2. The van der Waals surface area contributed by atoms with Crippen LogP contribution in [-0.2, 0) is 31.9 Å². The van der Waals surface area contributed by atoms with Crippen LogP contribution in [0.3, 0.4) is 0 Å². The molecule has 0 aromatic carbocycles. The molecule has 1 N–H and O–H groups in total. The summed E-state index contributed by atoms with van der Waals surface area (Å²) in [4.78, 5) is 2.59. The molecule has 1 radical (unpaired) electrons. The molecule has 0 aromatic rings. The average molecular weight is 494 g/mol. The first-order valence-corrected chi connectivity index (χ1v) is 8.37. The Balaban J connectivity index is -0.000000262. The number of hydrogen-bond donors (Lipinski definition) is 1. The molecule has 0 spiro atoms. The van der Waals surface area contributed by atoms with Gasteiger partial charge in [0.25, 0.3) is 0 Å². The third kappa shape index (κ3) is 32.3. The number of nitrogens with zero attached hydrogens (tertiary/aromatic N) is 3. The van der Waals surface area contributed by atoms with Crippen LogP contribution < -0.4 is 0 Å². The zero-order valence-electron chi connectivity index (χ0n) is 11.4. The van der Waals surface area contributed by atoms with E-state index in [4.69, 9.17) is 20.1 Å². The van der Waals surface area contributed by atoms with Crippen molar-refractivity contribution in [2.75, 3.05) is 63.6 Å². The standard InChI is InChI=1S/C5H11N3OS.C5H12O2S.Au/c1-10-5-4-9-3-2-7-8-6;1-8-5-4-7-3-2-6;/h2-5H2,1H3;6H,2-5H2,1H3;. The minimum atomic E-state index is 0. The van der Waals surface area contributed by atoms with Gasteiger partial charge in [-0.2, -0.15) is 23.5 Å². The van der Waals surface area contributed by atoms with Gasteiger partial charge in [0.1, 0.15) is 0 Å². The second kappa shape index (κ2) is 27.1. The summed E-state index contributed by atoms with van der Waals surface area (Å²) in [6.45, 7) is 3.06. The van der Waals surface area contributed by atoms with Gasteiger partial charge in [-0.3, -0.25) is 0 Å². The maximum Gasteiger partial charge on any atom is 0.0698 e. The summed E-state index contributed by atoms with van der Waals surface area (Å²) in [5, 5.41) is 11.6. The zero-order chi connectivity index (χ0) is 13.9. The smallest absolute Gasteiger partial charge is 0.0698 e. The molecular weight excluding hydrogens is 471 g/mol. The molecule has 0 aliphatic carbocycles. The SMILES string of the molecule is CSCCOCCN=[N+]=[N-].CSCCOCCO.[Au]. The van der Waals surface area contributed by atoms with E-state index in [1.165, 1.54) is 0 Å². The van der Waals surface area contributed by atoms with Crippen molar-refractivity contribution in [1.29, 1.82) is 0 Å². The number of aliphatic hydroxyl groups is 1. The van der Waals surface area contributed by atoms with Crippen LogP contribution in [0.2, 0.25) is 0 Å². The van der Waals surface area contributed by atoms with E-state index in [0.717, 1.165) is 24.7 Å². The van der Waals surface area contributed by atoms with Gasteiger partial charge in [0.2, 0.25) is 0 Å². The van der Waals surface area contributed by atoms with Crippen LogP contribution in [-0.4, -0.2) is 68.7 Å². The topological polar surface area (TPSA) is 87.5 Å². The maximum atomic E-state index is 8.23. The van der Waals surface area contributed by atoms with Crippen LogP contribution in [0, 0.1) is 0 Å². The van der Waals surface area contributed by atoms with Crippen LogP contribution in [0.5, 0.6) is 0 Å². The van der Waals surface area contributed by atoms with E-state index >= 15 is 0 Å². The molecule has 0 fully saturated rings. The van der Waals surface area contributed by atoms with Crippen molar-refractivity contribution >= 4 is 23.5 Å². The van der Waals surface area contributed by atoms with Crippen LogP contribution in [0.15, 0.2) is 5.11 Å². The number of aliphatic hydroxyl groups excluding tert-OH is 1. The molecule has 0 heterocycles. The van der Waals surface area contributed by atoms with Crippen molar-refractivity contribution in [2.45, 2.75) is 0 Å². The fraction of sp³-hybridized carbons (Fsp3) is 1.00. The summed E-state index contributed by atoms with van der Waals surface area (Å²) in [6.07, 6.45) is 4.05. The summed E-state index contributed by atoms with van der Waals surface area (Å²) in [5.41, 5.74) is 7.87. The minimum Gasteiger partial charge on any atom is -0.394 e. The van der Waals surface area contributed by atoms with Crippen molar-refractivity contribution in [3.8, 4) is 0 Å². The Morgan fingerprint density at radius 2 is 1.58 bits per heavy atom. The summed E-state index contributed by atoms with van der Waals surface area (Å²) in [7, 11) is 0. The van der Waals surface area contributed by atoms with E-state index < -0.39 is 0 Å². The maximum absolute atomic E-state index is 8.23. The van der Waals surface area contributed by atoms with Gasteiger partial charge >= 0.3 is 0 Å². The summed E-state index contributed by atoms with van der Waals surface area (Å²) < 4.78 is 10.0. The number of rotatable bonds is 11. The monoisotopic (exact) mass is 494 g/mol. The van der Waals surface area contributed by atoms with Gasteiger partial charge in [-0.15, -0.1) is 0 Å². The second-order valence-corrected chi connectivity index (χ2v) is 4.86. The van der Waals surface area contributed by atoms with Gasteiger partial charge in [-0.05, 0) is 18.0 Å². The molecule has 9 heteroatoms. The Morgan fingerprint density at radius 1 is 1.05 bits per heavy atom. The molecule has 0 saturated heterocycles. The molecule has 0 aliphatic heterocycles. The third-order valence-electron chi connectivity index (χ3n) is 1.50. The Bertz CT molecular complexity index is 193. The Morgan fingerprint density at radius 3 is 2.00 bits per heavy atom. The van der Waals surface area contributed by atoms with E-state index in [0.29, 0.717) is 19.8 Å². The van der Waals surface area contributed by atoms with Crippen molar-refractivity contribution in [3.05, 3.63) is 10.4 Å². The first kappa shape index (κ1) is 24.6. The van der Waals surface area contributed by atoms with Gasteiger partial charge < -0.3 is 14.6 Å². The first-order chi connectivity index (χ1) is 8.83. The van der Waals surface area contributed by atoms with Crippen molar-refractivity contribution in [1.82, 2.24) is 0 Å². The molecule has 0 rings (SSSR count). The molecule has 19 heavy (non-hydrogen) atoms. The predicted octanol–water partition coefficient (Wildman–Crippen LogP) is 2.03. The van der Waals surface area contributed by atoms with E-state index in [-0.39, 0.29) is 29.0 Å². The average Bonchev–Trinajstić information content (AvgIpc) is 2.40. The van der Waals surface area contributed by atoms with Crippen LogP contribution >= 0.6 is 23.5 Å². The quantitative estimate of drug-likeness (QED) is 0.156. The molecule has 0 aromatic heterocycles. The number of azide groups is 1. The van der Waals surface area contributed by atoms with Crippen molar-refractivity contribution in [2.24, 2.45) is 5.11 Å². The van der Waals surface area contributed by atoms with Gasteiger partial charge in [0.15, 0.2) is 0 Å². The first-order valence-electron chi connectivity index (χ1n) is 5.58. The minimum absolute atomic E-state index is 0. The van der Waals surface area contributed by atoms with Crippen LogP contribution in [0.1, 0.15) is 0 Å². The van der Waals surface area contributed by atoms with Crippen molar-refractivity contribution < 1.29 is 37.0 Å². The van der Waals surface area contributed by atoms with Gasteiger partial charge in [-0.25, -0.2) is 0 Å². The Labute approximate surface area is 139 Å². The predicted molar refractivity (Wildman–Crippen MR) is 79.5 cm³/mol. The Kier molecular flexibility index (Phi) is 35.1. The van der Waals surface area contributed by atoms with Crippen LogP contribution in [0.4, 0.5) is 0 Å². The molecule has 119 valence electrons. The number of hydrogen-bond acceptors (Lipinski definition) is 6. The number of thioether (sulfide) groups is 2. The largest absolute Gasteiger partial charge is 0.394 e. The molecule has 0 saturated carbocycles.